The number of ether oxygens (including phenoxy) is 1. The first-order valence-electron chi connectivity index (χ1n) is 7.32. The predicted molar refractivity (Wildman–Crippen MR) is 88.4 cm³/mol. The second-order valence-electron chi connectivity index (χ2n) is 5.46. The Hall–Kier alpha value is -1.05. The minimum Gasteiger partial charge on any atom is -0.435 e. The molecule has 2 atom stereocenters. The standard InChI is InChI=1S/C15H18F2N2O2S.ClH/c16-15(17)21-10-4-5-11-9(6-10)2-1-3-12(11)19-14(20)13-7-22-8-18-13;/h4-6,12-13,15,18H,1-3,7-8H2,(H,19,20);1H. The zero-order valence-electron chi connectivity index (χ0n) is 12.4. The number of aryl methyl sites for hydroxylation is 1. The molecule has 0 aromatic heterocycles. The second-order valence-corrected chi connectivity index (χ2v) is 6.49. The summed E-state index contributed by atoms with van der Waals surface area (Å²) >= 11 is 1.71. The van der Waals surface area contributed by atoms with Gasteiger partial charge in [0.05, 0.1) is 12.1 Å². The van der Waals surface area contributed by atoms with Crippen molar-refractivity contribution in [2.45, 2.75) is 38.0 Å². The molecule has 0 spiro atoms. The monoisotopic (exact) mass is 364 g/mol. The summed E-state index contributed by atoms with van der Waals surface area (Å²) in [6.07, 6.45) is 2.61. The minimum absolute atomic E-state index is 0. The number of carbonyl (C=O) groups excluding carboxylic acids is 1. The van der Waals surface area contributed by atoms with Gasteiger partial charge in [-0.3, -0.25) is 10.1 Å². The Balaban J connectivity index is 0.00000192. The molecule has 1 heterocycles. The molecule has 2 N–H and O–H groups in total. The van der Waals surface area contributed by atoms with Crippen LogP contribution in [-0.2, 0) is 11.2 Å². The fraction of sp³-hybridized carbons (Fsp3) is 0.533. The van der Waals surface area contributed by atoms with E-state index in [4.69, 9.17) is 0 Å². The van der Waals surface area contributed by atoms with Crippen molar-refractivity contribution in [1.29, 1.82) is 0 Å². The molecular weight excluding hydrogens is 346 g/mol. The van der Waals surface area contributed by atoms with Crippen LogP contribution in [0.25, 0.3) is 0 Å². The largest absolute Gasteiger partial charge is 0.435 e. The average molecular weight is 365 g/mol. The third-order valence-corrected chi connectivity index (χ3v) is 4.94. The van der Waals surface area contributed by atoms with Crippen LogP contribution in [0.4, 0.5) is 8.78 Å². The molecule has 2 aliphatic rings. The van der Waals surface area contributed by atoms with Crippen LogP contribution in [0.1, 0.15) is 30.0 Å². The van der Waals surface area contributed by atoms with E-state index < -0.39 is 6.61 Å². The van der Waals surface area contributed by atoms with Gasteiger partial charge in [-0.2, -0.15) is 8.78 Å². The quantitative estimate of drug-likeness (QED) is 0.862. The number of carbonyl (C=O) groups is 1. The Labute approximate surface area is 144 Å². The van der Waals surface area contributed by atoms with Gasteiger partial charge in [0.2, 0.25) is 5.91 Å². The lowest BCUT2D eigenvalue weighted by Gasteiger charge is -2.27. The summed E-state index contributed by atoms with van der Waals surface area (Å²) in [7, 11) is 0. The highest BCUT2D eigenvalue weighted by molar-refractivity contribution is 7.99. The molecule has 128 valence electrons. The molecule has 1 fully saturated rings. The van der Waals surface area contributed by atoms with Crippen molar-refractivity contribution in [2.24, 2.45) is 0 Å². The van der Waals surface area contributed by atoms with Gasteiger partial charge >= 0.3 is 6.61 Å². The van der Waals surface area contributed by atoms with Crippen molar-refractivity contribution in [2.75, 3.05) is 11.6 Å². The van der Waals surface area contributed by atoms with E-state index in [1.165, 1.54) is 0 Å². The molecule has 1 amide bonds. The minimum atomic E-state index is -2.82. The number of nitrogens with one attached hydrogen (secondary N) is 2. The van der Waals surface area contributed by atoms with E-state index in [9.17, 15) is 13.6 Å². The van der Waals surface area contributed by atoms with Gasteiger partial charge in [-0.05, 0) is 42.5 Å². The maximum atomic E-state index is 12.3. The zero-order chi connectivity index (χ0) is 15.5. The molecule has 1 aromatic carbocycles. The first kappa shape index (κ1) is 18.3. The van der Waals surface area contributed by atoms with Crippen LogP contribution in [0.15, 0.2) is 18.2 Å². The molecule has 1 aliphatic carbocycles. The maximum absolute atomic E-state index is 12.3. The summed E-state index contributed by atoms with van der Waals surface area (Å²) in [5, 5.41) is 6.22. The topological polar surface area (TPSA) is 50.4 Å². The van der Waals surface area contributed by atoms with Gasteiger partial charge < -0.3 is 10.1 Å². The lowest BCUT2D eigenvalue weighted by atomic mass is 9.87. The zero-order valence-corrected chi connectivity index (χ0v) is 14.0. The molecule has 1 aliphatic heterocycles. The van der Waals surface area contributed by atoms with Crippen LogP contribution in [0.3, 0.4) is 0 Å². The maximum Gasteiger partial charge on any atom is 0.387 e. The van der Waals surface area contributed by atoms with Crippen LogP contribution in [0.5, 0.6) is 5.75 Å². The summed E-state index contributed by atoms with van der Waals surface area (Å²) in [5.41, 5.74) is 1.98. The van der Waals surface area contributed by atoms with Gasteiger partial charge in [0.25, 0.3) is 0 Å². The molecule has 1 aromatic rings. The molecule has 1 saturated heterocycles. The van der Waals surface area contributed by atoms with E-state index in [1.807, 2.05) is 0 Å². The molecule has 0 bridgehead atoms. The van der Waals surface area contributed by atoms with Crippen LogP contribution < -0.4 is 15.4 Å². The Morgan fingerprint density at radius 1 is 1.43 bits per heavy atom. The van der Waals surface area contributed by atoms with Crippen LogP contribution in [0, 0.1) is 0 Å². The normalized spacial score (nSPS) is 23.1. The van der Waals surface area contributed by atoms with E-state index in [1.54, 1.807) is 30.0 Å². The number of thioether (sulfide) groups is 1. The van der Waals surface area contributed by atoms with Crippen molar-refractivity contribution in [1.82, 2.24) is 10.6 Å². The van der Waals surface area contributed by atoms with E-state index in [0.717, 1.165) is 42.0 Å². The number of rotatable bonds is 4. The van der Waals surface area contributed by atoms with Gasteiger partial charge in [0.1, 0.15) is 5.75 Å². The number of halogens is 3. The van der Waals surface area contributed by atoms with Gasteiger partial charge in [-0.1, -0.05) is 6.07 Å². The lowest BCUT2D eigenvalue weighted by Crippen LogP contribution is -2.44. The predicted octanol–water partition coefficient (Wildman–Crippen LogP) is 2.87. The van der Waals surface area contributed by atoms with E-state index in [2.05, 4.69) is 15.4 Å². The smallest absolute Gasteiger partial charge is 0.387 e. The number of hydrogen-bond donors (Lipinski definition) is 2. The highest BCUT2D eigenvalue weighted by Crippen LogP contribution is 2.32. The summed E-state index contributed by atoms with van der Waals surface area (Å²) in [6, 6.07) is 4.79. The molecule has 3 rings (SSSR count). The average Bonchev–Trinajstić information content (AvgIpc) is 3.01. The van der Waals surface area contributed by atoms with E-state index in [-0.39, 0.29) is 36.1 Å². The van der Waals surface area contributed by atoms with Crippen molar-refractivity contribution in [3.05, 3.63) is 29.3 Å². The highest BCUT2D eigenvalue weighted by atomic mass is 35.5. The molecule has 23 heavy (non-hydrogen) atoms. The van der Waals surface area contributed by atoms with Crippen molar-refractivity contribution in [3.63, 3.8) is 0 Å². The number of benzene rings is 1. The van der Waals surface area contributed by atoms with Gasteiger partial charge in [-0.15, -0.1) is 24.2 Å². The third-order valence-electron chi connectivity index (χ3n) is 4.00. The van der Waals surface area contributed by atoms with Crippen molar-refractivity contribution >= 4 is 30.1 Å². The number of alkyl halides is 2. The Bertz CT molecular complexity index is 556. The molecule has 0 radical (unpaired) electrons. The van der Waals surface area contributed by atoms with Gasteiger partial charge in [-0.25, -0.2) is 0 Å². The van der Waals surface area contributed by atoms with Crippen LogP contribution >= 0.6 is 24.2 Å². The first-order chi connectivity index (χ1) is 10.6. The van der Waals surface area contributed by atoms with E-state index in [0.29, 0.717) is 0 Å². The molecule has 8 heteroatoms. The Kier molecular flexibility index (Phi) is 6.50. The molecular formula is C15H19ClF2N2O2S. The first-order valence-corrected chi connectivity index (χ1v) is 8.48. The Morgan fingerprint density at radius 2 is 2.26 bits per heavy atom. The summed E-state index contributed by atoms with van der Waals surface area (Å²) in [5.74, 6) is 1.77. The number of hydrogen-bond acceptors (Lipinski definition) is 4. The summed E-state index contributed by atoms with van der Waals surface area (Å²) in [6.45, 7) is -2.82. The molecule has 4 nitrogen and oxygen atoms in total. The fourth-order valence-corrected chi connectivity index (χ4v) is 3.89. The SMILES string of the molecule is Cl.O=C(NC1CCCc2cc(OC(F)F)ccc21)C1CSCN1. The van der Waals surface area contributed by atoms with Crippen LogP contribution in [-0.4, -0.2) is 30.2 Å². The number of fused-ring (bicyclic) bond motifs is 1. The molecule has 0 saturated carbocycles. The van der Waals surface area contributed by atoms with Crippen LogP contribution in [0.2, 0.25) is 0 Å². The second kappa shape index (κ2) is 8.17. The highest BCUT2D eigenvalue weighted by Gasteiger charge is 2.27. The number of amides is 1. The Morgan fingerprint density at radius 3 is 2.96 bits per heavy atom. The van der Waals surface area contributed by atoms with Gasteiger partial charge in [0, 0.05) is 11.6 Å². The fourth-order valence-electron chi connectivity index (χ4n) is 2.95. The van der Waals surface area contributed by atoms with Gasteiger partial charge in [0.15, 0.2) is 0 Å². The lowest BCUT2D eigenvalue weighted by molar-refractivity contribution is -0.123. The van der Waals surface area contributed by atoms with Crippen molar-refractivity contribution < 1.29 is 18.3 Å². The third kappa shape index (κ3) is 4.49. The van der Waals surface area contributed by atoms with E-state index >= 15 is 0 Å². The molecule has 2 unspecified atom stereocenters. The summed E-state index contributed by atoms with van der Waals surface area (Å²) < 4.78 is 29.0. The summed E-state index contributed by atoms with van der Waals surface area (Å²) in [4.78, 5) is 12.2. The van der Waals surface area contributed by atoms with Crippen molar-refractivity contribution in [3.8, 4) is 5.75 Å².